The van der Waals surface area contributed by atoms with Gasteiger partial charge in [-0.05, 0) is 44.4 Å². The summed E-state index contributed by atoms with van der Waals surface area (Å²) in [5.41, 5.74) is 14.6. The third kappa shape index (κ3) is 3.35. The molecule has 2 aromatic rings. The molecule has 1 unspecified atom stereocenters. The Morgan fingerprint density at radius 3 is 2.30 bits per heavy atom. The summed E-state index contributed by atoms with van der Waals surface area (Å²) in [7, 11) is 0. The Bertz CT molecular complexity index is 587. The highest BCUT2D eigenvalue weighted by atomic mass is 15.2. The van der Waals surface area contributed by atoms with Crippen LogP contribution in [0.3, 0.4) is 0 Å². The summed E-state index contributed by atoms with van der Waals surface area (Å²) < 4.78 is 0. The Balaban J connectivity index is 2.31. The van der Waals surface area contributed by atoms with Gasteiger partial charge in [-0.3, -0.25) is 11.3 Å². The Morgan fingerprint density at radius 1 is 1.05 bits per heavy atom. The maximum absolute atomic E-state index is 5.97. The number of nitrogens with zero attached hydrogens (tertiary/aromatic N) is 1. The molecule has 4 nitrogen and oxygen atoms in total. The first-order valence-corrected chi connectivity index (χ1v) is 6.75. The van der Waals surface area contributed by atoms with Crippen molar-refractivity contribution < 1.29 is 0 Å². The average molecular weight is 270 g/mol. The van der Waals surface area contributed by atoms with E-state index in [-0.39, 0.29) is 6.04 Å². The van der Waals surface area contributed by atoms with Gasteiger partial charge in [-0.1, -0.05) is 29.3 Å². The second-order valence-corrected chi connectivity index (χ2v) is 5.41. The van der Waals surface area contributed by atoms with Crippen LogP contribution in [0.2, 0.25) is 0 Å². The van der Waals surface area contributed by atoms with Crippen LogP contribution < -0.4 is 17.0 Å². The number of hydrogen-bond acceptors (Lipinski definition) is 4. The molecule has 0 spiro atoms. The number of hydrazine groups is 1. The highest BCUT2D eigenvalue weighted by Gasteiger charge is 2.15. The van der Waals surface area contributed by atoms with Gasteiger partial charge >= 0.3 is 0 Å². The van der Waals surface area contributed by atoms with Gasteiger partial charge in [-0.15, -0.1) is 0 Å². The van der Waals surface area contributed by atoms with E-state index in [1.165, 1.54) is 16.7 Å². The molecule has 0 saturated carbocycles. The van der Waals surface area contributed by atoms with Gasteiger partial charge in [0.1, 0.15) is 5.82 Å². The van der Waals surface area contributed by atoms with Crippen LogP contribution in [0.15, 0.2) is 30.5 Å². The molecule has 106 valence electrons. The normalized spacial score (nSPS) is 12.4. The molecule has 4 heteroatoms. The zero-order valence-corrected chi connectivity index (χ0v) is 12.3. The Labute approximate surface area is 120 Å². The Morgan fingerprint density at radius 2 is 1.70 bits per heavy atom. The minimum Gasteiger partial charge on any atom is -0.383 e. The molecular formula is C16H22N4. The molecule has 0 aliphatic heterocycles. The SMILES string of the molecule is Cc1cc(C)cc(CC(NN)c2cc(C)cnc2N)c1. The molecule has 0 saturated heterocycles. The fourth-order valence-corrected chi connectivity index (χ4v) is 2.56. The number of pyridine rings is 1. The van der Waals surface area contributed by atoms with Gasteiger partial charge in [-0.25, -0.2) is 4.98 Å². The van der Waals surface area contributed by atoms with Crippen molar-refractivity contribution >= 4 is 5.82 Å². The number of aromatic nitrogens is 1. The first-order valence-electron chi connectivity index (χ1n) is 6.75. The van der Waals surface area contributed by atoms with Crippen molar-refractivity contribution in [3.63, 3.8) is 0 Å². The Kier molecular flexibility index (Phi) is 4.37. The van der Waals surface area contributed by atoms with Crippen LogP contribution in [-0.4, -0.2) is 4.98 Å². The summed E-state index contributed by atoms with van der Waals surface area (Å²) in [6.45, 7) is 6.20. The molecule has 0 fully saturated rings. The first kappa shape index (κ1) is 14.5. The fraction of sp³-hybridized carbons (Fsp3) is 0.312. The lowest BCUT2D eigenvalue weighted by Crippen LogP contribution is -2.30. The van der Waals surface area contributed by atoms with Gasteiger partial charge in [-0.2, -0.15) is 0 Å². The number of nitrogens with two attached hydrogens (primary N) is 2. The van der Waals surface area contributed by atoms with Crippen molar-refractivity contribution in [3.8, 4) is 0 Å². The number of aryl methyl sites for hydroxylation is 3. The van der Waals surface area contributed by atoms with Crippen LogP contribution in [0, 0.1) is 20.8 Å². The minimum atomic E-state index is -0.0383. The summed E-state index contributed by atoms with van der Waals surface area (Å²) in [5.74, 6) is 6.24. The number of hydrogen-bond donors (Lipinski definition) is 3. The second-order valence-electron chi connectivity index (χ2n) is 5.41. The van der Waals surface area contributed by atoms with E-state index >= 15 is 0 Å². The smallest absolute Gasteiger partial charge is 0.128 e. The van der Waals surface area contributed by atoms with E-state index in [0.29, 0.717) is 5.82 Å². The van der Waals surface area contributed by atoms with Gasteiger partial charge in [0.05, 0.1) is 6.04 Å². The number of anilines is 1. The first-order chi connectivity index (χ1) is 9.49. The number of benzene rings is 1. The third-order valence-electron chi connectivity index (χ3n) is 3.38. The van der Waals surface area contributed by atoms with E-state index in [2.05, 4.69) is 42.5 Å². The van der Waals surface area contributed by atoms with Crippen molar-refractivity contribution in [1.29, 1.82) is 0 Å². The van der Waals surface area contributed by atoms with Crippen molar-refractivity contribution in [3.05, 3.63) is 58.3 Å². The number of nitrogens with one attached hydrogen (secondary N) is 1. The van der Waals surface area contributed by atoms with Crippen LogP contribution in [0.25, 0.3) is 0 Å². The summed E-state index contributed by atoms with van der Waals surface area (Å²) in [6, 6.07) is 8.52. The van der Waals surface area contributed by atoms with Crippen molar-refractivity contribution in [2.45, 2.75) is 33.2 Å². The van der Waals surface area contributed by atoms with Crippen LogP contribution in [-0.2, 0) is 6.42 Å². The van der Waals surface area contributed by atoms with E-state index in [1.807, 2.05) is 13.0 Å². The maximum atomic E-state index is 5.97. The third-order valence-corrected chi connectivity index (χ3v) is 3.38. The zero-order chi connectivity index (χ0) is 14.7. The van der Waals surface area contributed by atoms with Crippen molar-refractivity contribution in [2.75, 3.05) is 5.73 Å². The topological polar surface area (TPSA) is 77.0 Å². The van der Waals surface area contributed by atoms with E-state index in [4.69, 9.17) is 11.6 Å². The molecule has 0 radical (unpaired) electrons. The molecular weight excluding hydrogens is 248 g/mol. The van der Waals surface area contributed by atoms with Gasteiger partial charge < -0.3 is 5.73 Å². The zero-order valence-electron chi connectivity index (χ0n) is 12.3. The lowest BCUT2D eigenvalue weighted by atomic mass is 9.96. The largest absolute Gasteiger partial charge is 0.383 e. The number of rotatable bonds is 4. The molecule has 20 heavy (non-hydrogen) atoms. The lowest BCUT2D eigenvalue weighted by Gasteiger charge is -2.19. The molecule has 2 rings (SSSR count). The highest BCUT2D eigenvalue weighted by Crippen LogP contribution is 2.23. The van der Waals surface area contributed by atoms with Crippen LogP contribution in [0.4, 0.5) is 5.82 Å². The van der Waals surface area contributed by atoms with E-state index in [1.54, 1.807) is 6.20 Å². The molecule has 1 aromatic heterocycles. The standard InChI is InChI=1S/C16H22N4/c1-10-4-11(2)6-13(5-10)8-15(20-18)14-7-12(3)9-19-16(14)17/h4-7,9,15,20H,8,18H2,1-3H3,(H2,17,19). The molecule has 5 N–H and O–H groups in total. The molecule has 0 amide bonds. The molecule has 1 atom stereocenters. The second kappa shape index (κ2) is 6.03. The van der Waals surface area contributed by atoms with Crippen molar-refractivity contribution in [2.24, 2.45) is 5.84 Å². The summed E-state index contributed by atoms with van der Waals surface area (Å²) in [4.78, 5) is 4.21. The lowest BCUT2D eigenvalue weighted by molar-refractivity contribution is 0.551. The van der Waals surface area contributed by atoms with Crippen molar-refractivity contribution in [1.82, 2.24) is 10.4 Å². The number of nitrogen functional groups attached to an aromatic ring is 1. The maximum Gasteiger partial charge on any atom is 0.128 e. The minimum absolute atomic E-state index is 0.0383. The van der Waals surface area contributed by atoms with Gasteiger partial charge in [0, 0.05) is 11.8 Å². The summed E-state index contributed by atoms with van der Waals surface area (Å²) in [6.07, 6.45) is 2.55. The summed E-state index contributed by atoms with van der Waals surface area (Å²) in [5, 5.41) is 0. The highest BCUT2D eigenvalue weighted by molar-refractivity contribution is 5.44. The predicted octanol–water partition coefficient (Wildman–Crippen LogP) is 2.34. The van der Waals surface area contributed by atoms with Gasteiger partial charge in [0.15, 0.2) is 0 Å². The monoisotopic (exact) mass is 270 g/mol. The Hall–Kier alpha value is -1.91. The van der Waals surface area contributed by atoms with Crippen LogP contribution >= 0.6 is 0 Å². The quantitative estimate of drug-likeness (QED) is 0.588. The van der Waals surface area contributed by atoms with E-state index in [0.717, 1.165) is 17.5 Å². The summed E-state index contributed by atoms with van der Waals surface area (Å²) >= 11 is 0. The molecule has 1 heterocycles. The van der Waals surface area contributed by atoms with Crippen LogP contribution in [0.5, 0.6) is 0 Å². The molecule has 0 aliphatic carbocycles. The van der Waals surface area contributed by atoms with Gasteiger partial charge in [0.25, 0.3) is 0 Å². The molecule has 0 aliphatic rings. The van der Waals surface area contributed by atoms with E-state index in [9.17, 15) is 0 Å². The molecule has 0 bridgehead atoms. The average Bonchev–Trinajstić information content (AvgIpc) is 2.38. The van der Waals surface area contributed by atoms with E-state index < -0.39 is 0 Å². The molecule has 1 aromatic carbocycles. The van der Waals surface area contributed by atoms with Crippen LogP contribution in [0.1, 0.15) is 33.9 Å². The fourth-order valence-electron chi connectivity index (χ4n) is 2.56. The predicted molar refractivity (Wildman–Crippen MR) is 83.1 cm³/mol. The van der Waals surface area contributed by atoms with Gasteiger partial charge in [0.2, 0.25) is 0 Å².